The summed E-state index contributed by atoms with van der Waals surface area (Å²) in [6.07, 6.45) is 4.66. The molecule has 2 aliphatic heterocycles. The lowest BCUT2D eigenvalue weighted by atomic mass is 9.62. The predicted molar refractivity (Wildman–Crippen MR) is 71.3 cm³/mol. The van der Waals surface area contributed by atoms with E-state index in [-0.39, 0.29) is 23.6 Å². The Bertz CT molecular complexity index is 399. The molecule has 1 saturated heterocycles. The van der Waals surface area contributed by atoms with Gasteiger partial charge in [0.25, 0.3) is 0 Å². The molecule has 3 atom stereocenters. The van der Waals surface area contributed by atoms with Gasteiger partial charge >= 0.3 is 5.97 Å². The van der Waals surface area contributed by atoms with Crippen LogP contribution in [-0.2, 0) is 19.3 Å². The van der Waals surface area contributed by atoms with Gasteiger partial charge in [-0.2, -0.15) is 0 Å². The van der Waals surface area contributed by atoms with Gasteiger partial charge in [0.15, 0.2) is 0 Å². The van der Waals surface area contributed by atoms with Crippen molar-refractivity contribution in [1.29, 1.82) is 0 Å². The Morgan fingerprint density at radius 2 is 2.26 bits per heavy atom. The highest BCUT2D eigenvalue weighted by Gasteiger charge is 2.56. The molecule has 0 saturated carbocycles. The molecular weight excluding hydrogens is 244 g/mol. The van der Waals surface area contributed by atoms with E-state index in [9.17, 15) is 4.79 Å². The van der Waals surface area contributed by atoms with Gasteiger partial charge in [-0.3, -0.25) is 4.79 Å². The van der Waals surface area contributed by atoms with Gasteiger partial charge in [-0.15, -0.1) is 0 Å². The summed E-state index contributed by atoms with van der Waals surface area (Å²) in [5.74, 6) is -0.235. The summed E-state index contributed by atoms with van der Waals surface area (Å²) in [5.41, 5.74) is 0.871. The molecule has 108 valence electrons. The highest BCUT2D eigenvalue weighted by atomic mass is 17.2. The summed E-state index contributed by atoms with van der Waals surface area (Å²) in [4.78, 5) is 22.1. The van der Waals surface area contributed by atoms with E-state index in [2.05, 4.69) is 26.8 Å². The third-order valence-electron chi connectivity index (χ3n) is 4.46. The Morgan fingerprint density at radius 3 is 2.79 bits per heavy atom. The van der Waals surface area contributed by atoms with Crippen LogP contribution in [-0.4, -0.2) is 23.8 Å². The van der Waals surface area contributed by atoms with E-state index in [1.807, 2.05) is 6.92 Å². The van der Waals surface area contributed by atoms with Crippen LogP contribution in [0.3, 0.4) is 0 Å². The van der Waals surface area contributed by atoms with Crippen molar-refractivity contribution in [1.82, 2.24) is 0 Å². The molecule has 1 aliphatic carbocycles. The lowest BCUT2D eigenvalue weighted by Crippen LogP contribution is -2.57. The molecule has 0 amide bonds. The maximum Gasteiger partial charge on any atom is 0.302 e. The third-order valence-corrected chi connectivity index (χ3v) is 4.46. The summed E-state index contributed by atoms with van der Waals surface area (Å²) >= 11 is 0. The average molecular weight is 268 g/mol. The van der Waals surface area contributed by atoms with Gasteiger partial charge < -0.3 is 4.74 Å². The topological polar surface area (TPSA) is 44.8 Å². The number of hydrogen-bond donors (Lipinski definition) is 0. The van der Waals surface area contributed by atoms with Gasteiger partial charge in [0.05, 0.1) is 6.10 Å². The zero-order valence-electron chi connectivity index (χ0n) is 12.5. The molecule has 0 radical (unpaired) electrons. The van der Waals surface area contributed by atoms with Crippen LogP contribution in [0.1, 0.15) is 53.9 Å². The van der Waals surface area contributed by atoms with Crippen LogP contribution in [0, 0.1) is 5.41 Å². The van der Waals surface area contributed by atoms with E-state index < -0.39 is 5.60 Å². The highest BCUT2D eigenvalue weighted by molar-refractivity contribution is 5.66. The first-order valence-electron chi connectivity index (χ1n) is 6.97. The van der Waals surface area contributed by atoms with Crippen molar-refractivity contribution in [3.8, 4) is 0 Å². The number of ether oxygens (including phenoxy) is 1. The van der Waals surface area contributed by atoms with Crippen molar-refractivity contribution in [2.45, 2.75) is 71.7 Å². The van der Waals surface area contributed by atoms with Crippen LogP contribution in [0.4, 0.5) is 0 Å². The van der Waals surface area contributed by atoms with Crippen molar-refractivity contribution in [2.75, 3.05) is 0 Å². The molecule has 2 heterocycles. The summed E-state index contributed by atoms with van der Waals surface area (Å²) in [6, 6.07) is 0. The van der Waals surface area contributed by atoms with E-state index >= 15 is 0 Å². The first-order chi connectivity index (χ1) is 8.77. The van der Waals surface area contributed by atoms with Crippen LogP contribution in [0.2, 0.25) is 0 Å². The lowest BCUT2D eigenvalue weighted by Gasteiger charge is -2.54. The molecule has 0 aromatic rings. The Hall–Kier alpha value is -0.870. The zero-order chi connectivity index (χ0) is 14.3. The molecule has 0 spiro atoms. The van der Waals surface area contributed by atoms with Crippen molar-refractivity contribution >= 4 is 5.97 Å². The molecule has 1 fully saturated rings. The number of esters is 1. The third kappa shape index (κ3) is 2.56. The van der Waals surface area contributed by atoms with Crippen LogP contribution >= 0.6 is 0 Å². The molecule has 2 unspecified atom stereocenters. The average Bonchev–Trinajstić information content (AvgIpc) is 2.25. The Labute approximate surface area is 115 Å². The van der Waals surface area contributed by atoms with Gasteiger partial charge in [0, 0.05) is 12.3 Å². The van der Waals surface area contributed by atoms with E-state index in [1.54, 1.807) is 0 Å². The summed E-state index contributed by atoms with van der Waals surface area (Å²) < 4.78 is 5.19. The Kier molecular flexibility index (Phi) is 3.76. The Balaban J connectivity index is 2.09. The normalized spacial score (nSPS) is 33.7. The standard InChI is InChI=1S/C15H24O4/c1-10-8-13-9-14(4,5)15(10,19-18-13)7-6-11(2)17-12(3)16/h8,11,13H,6-7,9H2,1-5H3/t11?,13-,15?/m0/s1. The monoisotopic (exact) mass is 268 g/mol. The summed E-state index contributed by atoms with van der Waals surface area (Å²) in [7, 11) is 0. The predicted octanol–water partition coefficient (Wildman–Crippen LogP) is 3.16. The number of rotatable bonds is 4. The molecule has 2 bridgehead atoms. The molecule has 0 aromatic heterocycles. The molecule has 19 heavy (non-hydrogen) atoms. The second-order valence-electron chi connectivity index (χ2n) is 6.44. The SMILES string of the molecule is CC(=O)OC(C)CCC12OO[C@@H](C=C1C)CC2(C)C. The fourth-order valence-corrected chi connectivity index (χ4v) is 3.38. The molecule has 3 aliphatic rings. The second-order valence-corrected chi connectivity index (χ2v) is 6.44. The molecule has 4 heteroatoms. The lowest BCUT2D eigenvalue weighted by molar-refractivity contribution is -0.430. The largest absolute Gasteiger partial charge is 0.463 e. The fourth-order valence-electron chi connectivity index (χ4n) is 3.38. The van der Waals surface area contributed by atoms with Crippen molar-refractivity contribution < 1.29 is 19.3 Å². The smallest absolute Gasteiger partial charge is 0.302 e. The van der Waals surface area contributed by atoms with E-state index in [4.69, 9.17) is 14.5 Å². The molecule has 0 aromatic carbocycles. The van der Waals surface area contributed by atoms with Crippen LogP contribution in [0.25, 0.3) is 0 Å². The minimum atomic E-state index is -0.393. The van der Waals surface area contributed by atoms with Gasteiger partial charge in [-0.25, -0.2) is 9.78 Å². The highest BCUT2D eigenvalue weighted by Crippen LogP contribution is 2.53. The quantitative estimate of drug-likeness (QED) is 0.446. The first kappa shape index (κ1) is 14.5. The van der Waals surface area contributed by atoms with Gasteiger partial charge in [-0.05, 0) is 38.7 Å². The van der Waals surface area contributed by atoms with Crippen LogP contribution in [0.5, 0.6) is 0 Å². The second kappa shape index (κ2) is 4.91. The molecule has 4 nitrogen and oxygen atoms in total. The minimum Gasteiger partial charge on any atom is -0.463 e. The van der Waals surface area contributed by atoms with Crippen LogP contribution in [0.15, 0.2) is 11.6 Å². The van der Waals surface area contributed by atoms with E-state index in [1.165, 1.54) is 12.5 Å². The minimum absolute atomic E-state index is 0.0324. The van der Waals surface area contributed by atoms with Gasteiger partial charge in [-0.1, -0.05) is 19.9 Å². The number of carbonyl (C=O) groups excluding carboxylic acids is 1. The number of fused-ring (bicyclic) bond motifs is 2. The summed E-state index contributed by atoms with van der Waals surface area (Å²) in [6.45, 7) is 9.90. The van der Waals surface area contributed by atoms with Crippen molar-refractivity contribution in [2.24, 2.45) is 5.41 Å². The van der Waals surface area contributed by atoms with E-state index in [0.29, 0.717) is 0 Å². The van der Waals surface area contributed by atoms with Crippen molar-refractivity contribution in [3.05, 3.63) is 11.6 Å². The van der Waals surface area contributed by atoms with E-state index in [0.717, 1.165) is 19.3 Å². The molecule has 0 N–H and O–H groups in total. The van der Waals surface area contributed by atoms with Crippen LogP contribution < -0.4 is 0 Å². The first-order valence-corrected chi connectivity index (χ1v) is 6.97. The zero-order valence-corrected chi connectivity index (χ0v) is 12.5. The maximum atomic E-state index is 11.0. The fraction of sp³-hybridized carbons (Fsp3) is 0.800. The number of carbonyl (C=O) groups is 1. The molecular formula is C15H24O4. The van der Waals surface area contributed by atoms with Gasteiger partial charge in [0.1, 0.15) is 11.7 Å². The van der Waals surface area contributed by atoms with Crippen molar-refractivity contribution in [3.63, 3.8) is 0 Å². The summed E-state index contributed by atoms with van der Waals surface area (Å²) in [5, 5.41) is 0. The van der Waals surface area contributed by atoms with Gasteiger partial charge in [0.2, 0.25) is 0 Å². The molecule has 3 rings (SSSR count). The number of hydrogen-bond acceptors (Lipinski definition) is 4. The maximum absolute atomic E-state index is 11.0. The Morgan fingerprint density at radius 1 is 1.58 bits per heavy atom.